The summed E-state index contributed by atoms with van der Waals surface area (Å²) < 4.78 is 4.98. The number of H-pyrrole nitrogens is 1. The molecule has 0 aliphatic rings. The van der Waals surface area contributed by atoms with Crippen LogP contribution < -0.4 is 5.69 Å². The lowest BCUT2D eigenvalue weighted by Gasteiger charge is -2.18. The number of hydrogen-bond acceptors (Lipinski definition) is 3. The fourth-order valence-corrected chi connectivity index (χ4v) is 1.42. The molecule has 2 rings (SSSR count). The van der Waals surface area contributed by atoms with Gasteiger partial charge in [-0.05, 0) is 12.1 Å². The number of nitrogens with one attached hydrogen (secondary N) is 1. The Morgan fingerprint density at radius 1 is 1.38 bits per heavy atom. The van der Waals surface area contributed by atoms with Crippen LogP contribution in [0, 0.1) is 0 Å². The molecular weight excluding hydrogens is 204 g/mol. The van der Waals surface area contributed by atoms with E-state index in [1.165, 1.54) is 0 Å². The molecule has 0 aliphatic carbocycles. The van der Waals surface area contributed by atoms with Crippen LogP contribution in [0.3, 0.4) is 0 Å². The van der Waals surface area contributed by atoms with E-state index in [-0.39, 0.29) is 11.1 Å². The Labute approximate surface area is 93.3 Å². The largest absolute Gasteiger partial charge is 0.472 e. The van der Waals surface area contributed by atoms with Gasteiger partial charge in [-0.25, -0.2) is 4.79 Å². The lowest BCUT2D eigenvalue weighted by Crippen LogP contribution is -2.21. The molecule has 16 heavy (non-hydrogen) atoms. The maximum absolute atomic E-state index is 11.5. The Balaban J connectivity index is 2.57. The zero-order chi connectivity index (χ0) is 11.8. The molecule has 0 aliphatic heterocycles. The minimum Gasteiger partial charge on any atom is -0.472 e. The molecule has 4 nitrogen and oxygen atoms in total. The van der Waals surface area contributed by atoms with Gasteiger partial charge < -0.3 is 9.40 Å². The molecule has 0 spiro atoms. The number of hydrogen-bond donors (Lipinski definition) is 1. The summed E-state index contributed by atoms with van der Waals surface area (Å²) in [4.78, 5) is 18.1. The Bertz CT molecular complexity index is 533. The predicted octanol–water partition coefficient (Wildman–Crippen LogP) is 2.33. The van der Waals surface area contributed by atoms with E-state index in [2.05, 4.69) is 9.97 Å². The van der Waals surface area contributed by atoms with Crippen molar-refractivity contribution >= 4 is 0 Å². The van der Waals surface area contributed by atoms with Gasteiger partial charge in [0, 0.05) is 16.7 Å². The molecule has 2 aromatic rings. The standard InChI is InChI=1S/C12H14N2O2/c1-12(2,3)10-6-9(13-11(15)14-10)8-4-5-16-7-8/h4-7H,1-3H3,(H,13,14,15). The van der Waals surface area contributed by atoms with Crippen molar-refractivity contribution in [2.75, 3.05) is 0 Å². The van der Waals surface area contributed by atoms with Gasteiger partial charge in [-0.1, -0.05) is 20.8 Å². The summed E-state index contributed by atoms with van der Waals surface area (Å²) in [6.07, 6.45) is 3.14. The Morgan fingerprint density at radius 3 is 2.69 bits per heavy atom. The van der Waals surface area contributed by atoms with Crippen LogP contribution in [-0.2, 0) is 5.41 Å². The van der Waals surface area contributed by atoms with Gasteiger partial charge in [0.1, 0.15) is 0 Å². The third-order valence-electron chi connectivity index (χ3n) is 2.37. The van der Waals surface area contributed by atoms with Crippen LogP contribution in [-0.4, -0.2) is 9.97 Å². The summed E-state index contributed by atoms with van der Waals surface area (Å²) in [5.41, 5.74) is 1.88. The molecule has 0 fully saturated rings. The van der Waals surface area contributed by atoms with Gasteiger partial charge in [-0.3, -0.25) is 0 Å². The summed E-state index contributed by atoms with van der Waals surface area (Å²) in [6.45, 7) is 6.12. The summed E-state index contributed by atoms with van der Waals surface area (Å²) in [5, 5.41) is 0. The van der Waals surface area contributed by atoms with Crippen molar-refractivity contribution < 1.29 is 4.42 Å². The first-order valence-corrected chi connectivity index (χ1v) is 5.11. The summed E-state index contributed by atoms with van der Waals surface area (Å²) in [6, 6.07) is 3.67. The van der Waals surface area contributed by atoms with Crippen LogP contribution in [0.4, 0.5) is 0 Å². The minimum absolute atomic E-state index is 0.111. The topological polar surface area (TPSA) is 58.9 Å². The lowest BCUT2D eigenvalue weighted by atomic mass is 9.91. The van der Waals surface area contributed by atoms with E-state index in [4.69, 9.17) is 4.42 Å². The maximum Gasteiger partial charge on any atom is 0.345 e. The first-order valence-electron chi connectivity index (χ1n) is 5.11. The van der Waals surface area contributed by atoms with E-state index < -0.39 is 0 Å². The quantitative estimate of drug-likeness (QED) is 0.799. The number of furan rings is 1. The van der Waals surface area contributed by atoms with E-state index in [1.54, 1.807) is 18.6 Å². The molecular formula is C12H14N2O2. The zero-order valence-corrected chi connectivity index (χ0v) is 9.57. The van der Waals surface area contributed by atoms with Crippen molar-refractivity contribution in [3.05, 3.63) is 40.8 Å². The molecule has 0 bridgehead atoms. The van der Waals surface area contributed by atoms with Gasteiger partial charge in [-0.15, -0.1) is 0 Å². The molecule has 84 valence electrons. The first kappa shape index (κ1) is 10.7. The number of nitrogens with zero attached hydrogens (tertiary/aromatic N) is 1. The average Bonchev–Trinajstić information content (AvgIpc) is 2.68. The normalized spacial score (nSPS) is 11.7. The highest BCUT2D eigenvalue weighted by Crippen LogP contribution is 2.23. The van der Waals surface area contributed by atoms with Crippen LogP contribution in [0.15, 0.2) is 33.9 Å². The highest BCUT2D eigenvalue weighted by Gasteiger charge is 2.16. The monoisotopic (exact) mass is 218 g/mol. The van der Waals surface area contributed by atoms with Gasteiger partial charge in [0.05, 0.1) is 18.2 Å². The first-order chi connectivity index (χ1) is 7.47. The van der Waals surface area contributed by atoms with Crippen molar-refractivity contribution in [3.63, 3.8) is 0 Å². The summed E-state index contributed by atoms with van der Waals surface area (Å²) >= 11 is 0. The van der Waals surface area contributed by atoms with E-state index in [0.717, 1.165) is 11.3 Å². The van der Waals surface area contributed by atoms with Crippen molar-refractivity contribution in [2.45, 2.75) is 26.2 Å². The highest BCUT2D eigenvalue weighted by molar-refractivity contribution is 5.57. The molecule has 1 N–H and O–H groups in total. The van der Waals surface area contributed by atoms with E-state index in [9.17, 15) is 4.79 Å². The second kappa shape index (κ2) is 3.63. The number of aromatic nitrogens is 2. The molecule has 0 saturated carbocycles. The number of rotatable bonds is 1. The fraction of sp³-hybridized carbons (Fsp3) is 0.333. The third kappa shape index (κ3) is 2.05. The molecule has 2 aromatic heterocycles. The van der Waals surface area contributed by atoms with Gasteiger partial charge in [0.2, 0.25) is 0 Å². The Morgan fingerprint density at radius 2 is 2.12 bits per heavy atom. The van der Waals surface area contributed by atoms with E-state index in [0.29, 0.717) is 5.69 Å². The lowest BCUT2D eigenvalue weighted by molar-refractivity contribution is 0.563. The van der Waals surface area contributed by atoms with Crippen molar-refractivity contribution in [3.8, 4) is 11.3 Å². The molecule has 0 saturated heterocycles. The van der Waals surface area contributed by atoms with Crippen molar-refractivity contribution in [2.24, 2.45) is 0 Å². The second-order valence-corrected chi connectivity index (χ2v) is 4.75. The Hall–Kier alpha value is -1.84. The molecule has 4 heteroatoms. The van der Waals surface area contributed by atoms with Crippen molar-refractivity contribution in [1.82, 2.24) is 9.97 Å². The maximum atomic E-state index is 11.5. The summed E-state index contributed by atoms with van der Waals surface area (Å²) in [5.74, 6) is 0. The van der Waals surface area contributed by atoms with Crippen LogP contribution >= 0.6 is 0 Å². The molecule has 0 aromatic carbocycles. The van der Waals surface area contributed by atoms with Gasteiger partial charge in [0.15, 0.2) is 0 Å². The predicted molar refractivity (Wildman–Crippen MR) is 61.3 cm³/mol. The Kier molecular flexibility index (Phi) is 2.42. The van der Waals surface area contributed by atoms with E-state index >= 15 is 0 Å². The molecule has 2 heterocycles. The second-order valence-electron chi connectivity index (χ2n) is 4.75. The van der Waals surface area contributed by atoms with Gasteiger partial charge >= 0.3 is 5.69 Å². The minimum atomic E-state index is -0.330. The highest BCUT2D eigenvalue weighted by atomic mass is 16.3. The zero-order valence-electron chi connectivity index (χ0n) is 9.57. The molecule has 0 amide bonds. The fourth-order valence-electron chi connectivity index (χ4n) is 1.42. The number of aromatic amines is 1. The van der Waals surface area contributed by atoms with E-state index in [1.807, 2.05) is 26.8 Å². The molecule has 0 radical (unpaired) electrons. The van der Waals surface area contributed by atoms with Crippen LogP contribution in [0.2, 0.25) is 0 Å². The van der Waals surface area contributed by atoms with Gasteiger partial charge in [-0.2, -0.15) is 4.98 Å². The summed E-state index contributed by atoms with van der Waals surface area (Å²) in [7, 11) is 0. The van der Waals surface area contributed by atoms with Crippen LogP contribution in [0.5, 0.6) is 0 Å². The molecule has 0 unspecified atom stereocenters. The van der Waals surface area contributed by atoms with Crippen molar-refractivity contribution in [1.29, 1.82) is 0 Å². The molecule has 0 atom stereocenters. The SMILES string of the molecule is CC(C)(C)c1cc(-c2ccoc2)nc(=O)[nH]1. The third-order valence-corrected chi connectivity index (χ3v) is 2.37. The van der Waals surface area contributed by atoms with Gasteiger partial charge in [0.25, 0.3) is 0 Å². The van der Waals surface area contributed by atoms with Crippen LogP contribution in [0.1, 0.15) is 26.5 Å². The van der Waals surface area contributed by atoms with Crippen LogP contribution in [0.25, 0.3) is 11.3 Å². The smallest absolute Gasteiger partial charge is 0.345 e. The average molecular weight is 218 g/mol.